The predicted octanol–water partition coefficient (Wildman–Crippen LogP) is 0.898. The maximum absolute atomic E-state index is 12.0. The topological polar surface area (TPSA) is 70.1 Å². The summed E-state index contributed by atoms with van der Waals surface area (Å²) in [5.74, 6) is 0.488. The lowest BCUT2D eigenvalue weighted by Gasteiger charge is -2.29. The van der Waals surface area contributed by atoms with Gasteiger partial charge in [-0.2, -0.15) is 0 Å². The monoisotopic (exact) mass is 244 g/mol. The Kier molecular flexibility index (Phi) is 2.07. The van der Waals surface area contributed by atoms with Crippen molar-refractivity contribution in [2.45, 2.75) is 0 Å². The number of H-pyrrole nitrogens is 1. The molecule has 0 radical (unpaired) electrons. The molecule has 18 heavy (non-hydrogen) atoms. The first-order valence-electron chi connectivity index (χ1n) is 5.52. The van der Waals surface area contributed by atoms with Gasteiger partial charge in [0.15, 0.2) is 0 Å². The molecule has 1 aliphatic heterocycles. The highest BCUT2D eigenvalue weighted by Crippen LogP contribution is 2.38. The van der Waals surface area contributed by atoms with Gasteiger partial charge in [0.05, 0.1) is 11.4 Å². The van der Waals surface area contributed by atoms with E-state index in [0.29, 0.717) is 11.5 Å². The summed E-state index contributed by atoms with van der Waals surface area (Å²) in [6.07, 6.45) is 0. The summed E-state index contributed by atoms with van der Waals surface area (Å²) in [6, 6.07) is 7.60. The van der Waals surface area contributed by atoms with Crippen LogP contribution in [0.5, 0.6) is 0 Å². The Bertz CT molecular complexity index is 744. The smallest absolute Gasteiger partial charge is 0.329 e. The second-order valence-corrected chi connectivity index (χ2v) is 4.22. The molecule has 0 unspecified atom stereocenters. The molecule has 6 heteroatoms. The zero-order chi connectivity index (χ0) is 12.9. The van der Waals surface area contributed by atoms with Gasteiger partial charge < -0.3 is 10.2 Å². The van der Waals surface area contributed by atoms with Gasteiger partial charge in [0.2, 0.25) is 0 Å². The lowest BCUT2D eigenvalue weighted by atomic mass is 10.2. The lowest BCUT2D eigenvalue weighted by molar-refractivity contribution is 0.774. The van der Waals surface area contributed by atoms with E-state index in [1.54, 1.807) is 4.90 Å². The number of nitrogens with one attached hydrogen (secondary N) is 2. The molecule has 2 aromatic rings. The second kappa shape index (κ2) is 3.49. The average Bonchev–Trinajstić information content (AvgIpc) is 2.38. The van der Waals surface area contributed by atoms with Crippen molar-refractivity contribution in [3.63, 3.8) is 0 Å². The van der Waals surface area contributed by atoms with Crippen LogP contribution in [0.4, 0.5) is 22.9 Å². The van der Waals surface area contributed by atoms with E-state index in [1.165, 1.54) is 7.05 Å². The number of aromatic amines is 1. The van der Waals surface area contributed by atoms with Crippen molar-refractivity contribution in [2.75, 3.05) is 17.3 Å². The summed E-state index contributed by atoms with van der Waals surface area (Å²) in [6.45, 7) is 0. The molecule has 0 saturated heterocycles. The molecule has 2 heterocycles. The molecule has 1 aliphatic rings. The summed E-state index contributed by atoms with van der Waals surface area (Å²) < 4.78 is 1.05. The van der Waals surface area contributed by atoms with Crippen LogP contribution in [0.15, 0.2) is 33.9 Å². The maximum atomic E-state index is 12.0. The molecule has 0 bridgehead atoms. The highest BCUT2D eigenvalue weighted by atomic mass is 16.2. The van der Waals surface area contributed by atoms with E-state index in [0.717, 1.165) is 15.9 Å². The highest BCUT2D eigenvalue weighted by Gasteiger charge is 2.23. The van der Waals surface area contributed by atoms with Gasteiger partial charge >= 0.3 is 5.69 Å². The number of nitrogens with zero attached hydrogens (tertiary/aromatic N) is 2. The van der Waals surface area contributed by atoms with Crippen molar-refractivity contribution in [3.05, 3.63) is 45.1 Å². The van der Waals surface area contributed by atoms with Crippen molar-refractivity contribution in [1.29, 1.82) is 0 Å². The van der Waals surface area contributed by atoms with Crippen LogP contribution < -0.4 is 21.5 Å². The van der Waals surface area contributed by atoms with E-state index in [4.69, 9.17) is 0 Å². The van der Waals surface area contributed by atoms with Gasteiger partial charge in [0.1, 0.15) is 11.5 Å². The molecule has 3 rings (SSSR count). The summed E-state index contributed by atoms with van der Waals surface area (Å²) in [5.41, 5.74) is 1.38. The third-order valence-corrected chi connectivity index (χ3v) is 3.15. The van der Waals surface area contributed by atoms with Gasteiger partial charge in [-0.1, -0.05) is 12.1 Å². The fourth-order valence-electron chi connectivity index (χ4n) is 2.10. The minimum atomic E-state index is -0.424. The quantitative estimate of drug-likeness (QED) is 0.722. The number of hydrogen-bond donors (Lipinski definition) is 2. The number of rotatable bonds is 0. The van der Waals surface area contributed by atoms with Crippen LogP contribution in [-0.4, -0.2) is 16.6 Å². The minimum Gasteiger partial charge on any atom is -0.346 e. The summed E-state index contributed by atoms with van der Waals surface area (Å²) in [7, 11) is 3.26. The molecule has 1 aromatic carbocycles. The molecule has 0 atom stereocenters. The lowest BCUT2D eigenvalue weighted by Crippen LogP contribution is -2.37. The van der Waals surface area contributed by atoms with Crippen molar-refractivity contribution >= 4 is 22.9 Å². The zero-order valence-electron chi connectivity index (χ0n) is 10.0. The maximum Gasteiger partial charge on any atom is 0.329 e. The van der Waals surface area contributed by atoms with Crippen molar-refractivity contribution in [1.82, 2.24) is 9.55 Å². The van der Waals surface area contributed by atoms with Crippen LogP contribution in [0.25, 0.3) is 0 Å². The molecule has 1 aromatic heterocycles. The van der Waals surface area contributed by atoms with Crippen LogP contribution in [0, 0.1) is 0 Å². The SMILES string of the molecule is CN1c2ccccc2Nc2c1[nH]c(=O)n(C)c2=O. The molecular formula is C12H12N4O2. The summed E-state index contributed by atoms with van der Waals surface area (Å²) >= 11 is 0. The first-order valence-corrected chi connectivity index (χ1v) is 5.52. The van der Waals surface area contributed by atoms with E-state index in [-0.39, 0.29) is 5.56 Å². The van der Waals surface area contributed by atoms with E-state index >= 15 is 0 Å². The van der Waals surface area contributed by atoms with E-state index in [1.807, 2.05) is 31.3 Å². The van der Waals surface area contributed by atoms with Crippen molar-refractivity contribution < 1.29 is 0 Å². The second-order valence-electron chi connectivity index (χ2n) is 4.22. The molecule has 92 valence electrons. The fraction of sp³-hybridized carbons (Fsp3) is 0.167. The van der Waals surface area contributed by atoms with Gasteiger partial charge in [0.25, 0.3) is 5.56 Å². The van der Waals surface area contributed by atoms with E-state index in [2.05, 4.69) is 10.3 Å². The van der Waals surface area contributed by atoms with Crippen molar-refractivity contribution in [3.8, 4) is 0 Å². The van der Waals surface area contributed by atoms with Crippen molar-refractivity contribution in [2.24, 2.45) is 7.05 Å². The zero-order valence-corrected chi connectivity index (χ0v) is 10.0. The number of para-hydroxylation sites is 2. The van der Waals surface area contributed by atoms with Crippen LogP contribution >= 0.6 is 0 Å². The Hall–Kier alpha value is -2.50. The average molecular weight is 244 g/mol. The normalized spacial score (nSPS) is 12.7. The largest absolute Gasteiger partial charge is 0.346 e. The first-order chi connectivity index (χ1) is 8.59. The van der Waals surface area contributed by atoms with Gasteiger partial charge in [-0.25, -0.2) is 4.79 Å². The number of aromatic nitrogens is 2. The minimum absolute atomic E-state index is 0.338. The molecule has 0 aliphatic carbocycles. The molecule has 0 fully saturated rings. The molecule has 0 spiro atoms. The standard InChI is InChI=1S/C12H12N4O2/c1-15-8-6-4-3-5-7(8)13-9-10(15)14-12(18)16(2)11(9)17/h3-6,13H,1-2H3,(H,14,18). The molecule has 2 N–H and O–H groups in total. The third kappa shape index (κ3) is 1.29. The van der Waals surface area contributed by atoms with Gasteiger partial charge in [-0.3, -0.25) is 14.3 Å². The Balaban J connectivity index is 2.32. The summed E-state index contributed by atoms with van der Waals surface area (Å²) in [4.78, 5) is 28.2. The van der Waals surface area contributed by atoms with E-state index in [9.17, 15) is 9.59 Å². The predicted molar refractivity (Wildman–Crippen MR) is 70.1 cm³/mol. The summed E-state index contributed by atoms with van der Waals surface area (Å²) in [5, 5.41) is 3.06. The molecule has 0 saturated carbocycles. The van der Waals surface area contributed by atoms with Gasteiger partial charge in [-0.15, -0.1) is 0 Å². The van der Waals surface area contributed by atoms with Crippen LogP contribution in [0.3, 0.4) is 0 Å². The number of benzene rings is 1. The van der Waals surface area contributed by atoms with Gasteiger partial charge in [-0.05, 0) is 12.1 Å². The van der Waals surface area contributed by atoms with Crippen LogP contribution in [-0.2, 0) is 7.05 Å². The Morgan fingerprint density at radius 2 is 1.83 bits per heavy atom. The Morgan fingerprint density at radius 1 is 1.11 bits per heavy atom. The molecule has 0 amide bonds. The fourth-order valence-corrected chi connectivity index (χ4v) is 2.10. The third-order valence-electron chi connectivity index (χ3n) is 3.15. The Morgan fingerprint density at radius 3 is 2.61 bits per heavy atom. The number of anilines is 4. The van der Waals surface area contributed by atoms with Gasteiger partial charge in [0, 0.05) is 14.1 Å². The van der Waals surface area contributed by atoms with Crippen LogP contribution in [0.2, 0.25) is 0 Å². The van der Waals surface area contributed by atoms with E-state index < -0.39 is 5.69 Å². The first kappa shape index (κ1) is 10.6. The Labute approximate surface area is 102 Å². The number of fused-ring (bicyclic) bond motifs is 2. The molecular weight excluding hydrogens is 232 g/mol. The number of hydrogen-bond acceptors (Lipinski definition) is 4. The van der Waals surface area contributed by atoms with Crippen LogP contribution in [0.1, 0.15) is 0 Å². The molecule has 6 nitrogen and oxygen atoms in total. The highest BCUT2D eigenvalue weighted by molar-refractivity contribution is 5.88.